The molecular formula is C46H84NO8P. The van der Waals surface area contributed by atoms with Gasteiger partial charge in [-0.05, 0) is 57.4 Å². The van der Waals surface area contributed by atoms with Gasteiger partial charge in [0.15, 0.2) is 6.10 Å². The SMILES string of the molecule is CCCCCCCCCCCCCCCC/C=C/O[C@H](COC(=O)CCC/C=C\C/C=C\C/C=C\CC1OC1CCCCC)COP(=O)([O-])OCC[N+](C)(C)C. The molecule has 0 spiro atoms. The summed E-state index contributed by atoms with van der Waals surface area (Å²) in [5.41, 5.74) is 0. The number of ether oxygens (including phenoxy) is 3. The molecule has 1 aliphatic heterocycles. The van der Waals surface area contributed by atoms with E-state index in [4.69, 9.17) is 23.3 Å². The first kappa shape index (κ1) is 52.3. The molecule has 0 amide bonds. The highest BCUT2D eigenvalue weighted by Crippen LogP contribution is 2.38. The van der Waals surface area contributed by atoms with E-state index >= 15 is 0 Å². The van der Waals surface area contributed by atoms with E-state index in [1.165, 1.54) is 109 Å². The van der Waals surface area contributed by atoms with Crippen molar-refractivity contribution in [3.8, 4) is 0 Å². The summed E-state index contributed by atoms with van der Waals surface area (Å²) >= 11 is 0. The summed E-state index contributed by atoms with van der Waals surface area (Å²) in [6, 6.07) is 0. The van der Waals surface area contributed by atoms with Crippen molar-refractivity contribution in [1.29, 1.82) is 0 Å². The Balaban J connectivity index is 2.27. The third-order valence-electron chi connectivity index (χ3n) is 9.90. The number of rotatable bonds is 40. The smallest absolute Gasteiger partial charge is 0.305 e. The molecule has 4 atom stereocenters. The standard InChI is InChI=1S/C46H84NO8P/c1-6-8-10-11-12-13-14-15-16-17-18-21-24-27-30-34-39-51-43(42-54-56(49,50)53-40-38-47(3,4)5)41-52-46(48)37-33-29-26-23-20-19-22-25-28-32-36-45-44(55-45)35-31-9-7-2/h19,22-23,26,28,32,34,39,43-45H,6-18,20-21,24-25,27,29-31,33,35-38,40-42H2,1-5H3/b22-19-,26-23-,32-28-,39-34+/t43-,44?,45?/m1/s1. The summed E-state index contributed by atoms with van der Waals surface area (Å²) in [4.78, 5) is 24.8. The first-order valence-electron chi connectivity index (χ1n) is 22.5. The Hall–Kier alpha value is -1.74. The fraction of sp³-hybridized carbons (Fsp3) is 0.804. The Morgan fingerprint density at radius 1 is 0.679 bits per heavy atom. The van der Waals surface area contributed by atoms with Crippen molar-refractivity contribution in [2.45, 2.75) is 193 Å². The number of unbranched alkanes of at least 4 members (excludes halogenated alkanes) is 17. The summed E-state index contributed by atoms with van der Waals surface area (Å²) in [6.07, 6.45) is 45.5. The van der Waals surface area contributed by atoms with Crippen LogP contribution in [0, 0.1) is 0 Å². The number of likely N-dealkylation sites (N-methyl/N-ethyl adjacent to an activating group) is 1. The van der Waals surface area contributed by atoms with Crippen molar-refractivity contribution >= 4 is 13.8 Å². The predicted molar refractivity (Wildman–Crippen MR) is 230 cm³/mol. The van der Waals surface area contributed by atoms with Gasteiger partial charge in [0.2, 0.25) is 0 Å². The van der Waals surface area contributed by atoms with E-state index in [0.29, 0.717) is 29.7 Å². The van der Waals surface area contributed by atoms with Crippen LogP contribution in [0.15, 0.2) is 48.8 Å². The van der Waals surface area contributed by atoms with Gasteiger partial charge in [0.25, 0.3) is 7.82 Å². The van der Waals surface area contributed by atoms with Crippen molar-refractivity contribution in [2.75, 3.05) is 47.5 Å². The Morgan fingerprint density at radius 2 is 1.23 bits per heavy atom. The van der Waals surface area contributed by atoms with Crippen LogP contribution in [0.25, 0.3) is 0 Å². The molecule has 0 saturated carbocycles. The monoisotopic (exact) mass is 810 g/mol. The Kier molecular flexibility index (Phi) is 32.9. The van der Waals surface area contributed by atoms with Crippen molar-refractivity contribution in [3.63, 3.8) is 0 Å². The van der Waals surface area contributed by atoms with Gasteiger partial charge in [0.1, 0.15) is 19.8 Å². The summed E-state index contributed by atoms with van der Waals surface area (Å²) in [7, 11) is 1.33. The largest absolute Gasteiger partial charge is 0.756 e. The summed E-state index contributed by atoms with van der Waals surface area (Å²) in [5.74, 6) is -0.349. The molecule has 0 aromatic rings. The van der Waals surface area contributed by atoms with E-state index in [2.05, 4.69) is 50.3 Å². The molecule has 0 radical (unpaired) electrons. The number of quaternary nitrogens is 1. The lowest BCUT2D eigenvalue weighted by molar-refractivity contribution is -0.870. The minimum Gasteiger partial charge on any atom is -0.756 e. The van der Waals surface area contributed by atoms with Crippen LogP contribution in [0.1, 0.15) is 174 Å². The molecule has 0 N–H and O–H groups in total. The molecule has 1 heterocycles. The van der Waals surface area contributed by atoms with Gasteiger partial charge < -0.3 is 32.6 Å². The third-order valence-corrected chi connectivity index (χ3v) is 10.9. The molecule has 0 aliphatic carbocycles. The molecule has 10 heteroatoms. The van der Waals surface area contributed by atoms with Crippen molar-refractivity contribution < 1.29 is 42.0 Å². The summed E-state index contributed by atoms with van der Waals surface area (Å²) in [5, 5.41) is 0. The quantitative estimate of drug-likeness (QED) is 0.0115. The van der Waals surface area contributed by atoms with Gasteiger partial charge in [-0.2, -0.15) is 0 Å². The average molecular weight is 810 g/mol. The molecule has 3 unspecified atom stereocenters. The van der Waals surface area contributed by atoms with E-state index in [9.17, 15) is 14.3 Å². The van der Waals surface area contributed by atoms with Crippen molar-refractivity contribution in [3.05, 3.63) is 48.8 Å². The lowest BCUT2D eigenvalue weighted by atomic mass is 10.0. The molecule has 56 heavy (non-hydrogen) atoms. The molecule has 1 rings (SSSR count). The number of carbonyl (C=O) groups is 1. The minimum atomic E-state index is -4.53. The number of hydrogen-bond donors (Lipinski definition) is 0. The maximum atomic E-state index is 12.5. The first-order chi connectivity index (χ1) is 27.1. The zero-order chi connectivity index (χ0) is 41.0. The van der Waals surface area contributed by atoms with Gasteiger partial charge >= 0.3 is 5.97 Å². The van der Waals surface area contributed by atoms with E-state index < -0.39 is 13.9 Å². The van der Waals surface area contributed by atoms with Gasteiger partial charge in [0, 0.05) is 6.42 Å². The van der Waals surface area contributed by atoms with Crippen LogP contribution in [0.3, 0.4) is 0 Å². The Labute approximate surface area is 343 Å². The maximum Gasteiger partial charge on any atom is 0.305 e. The summed E-state index contributed by atoms with van der Waals surface area (Å²) in [6.45, 7) is 4.61. The normalized spacial score (nSPS) is 17.8. The van der Waals surface area contributed by atoms with Crippen LogP contribution in [-0.4, -0.2) is 76.3 Å². The van der Waals surface area contributed by atoms with Gasteiger partial charge in [-0.25, -0.2) is 0 Å². The zero-order valence-corrected chi connectivity index (χ0v) is 37.4. The highest BCUT2D eigenvalue weighted by molar-refractivity contribution is 7.45. The fourth-order valence-electron chi connectivity index (χ4n) is 6.20. The summed E-state index contributed by atoms with van der Waals surface area (Å²) < 4.78 is 40.1. The van der Waals surface area contributed by atoms with Crippen LogP contribution in [0.4, 0.5) is 0 Å². The molecule has 1 aliphatic rings. The molecule has 9 nitrogen and oxygen atoms in total. The molecule has 0 aromatic carbocycles. The molecule has 1 saturated heterocycles. The lowest BCUT2D eigenvalue weighted by Gasteiger charge is -2.28. The van der Waals surface area contributed by atoms with Gasteiger partial charge in [-0.3, -0.25) is 9.36 Å². The van der Waals surface area contributed by atoms with E-state index in [0.717, 1.165) is 38.5 Å². The second kappa shape index (κ2) is 35.2. The number of hydrogen-bond acceptors (Lipinski definition) is 8. The number of phosphoric ester groups is 1. The van der Waals surface area contributed by atoms with Crippen LogP contribution >= 0.6 is 7.82 Å². The first-order valence-corrected chi connectivity index (χ1v) is 24.0. The van der Waals surface area contributed by atoms with Gasteiger partial charge in [-0.15, -0.1) is 0 Å². The van der Waals surface area contributed by atoms with Crippen LogP contribution in [0.2, 0.25) is 0 Å². The average Bonchev–Trinajstić information content (AvgIpc) is 3.91. The second-order valence-electron chi connectivity index (χ2n) is 16.5. The number of carbonyl (C=O) groups excluding carboxylic acids is 1. The number of esters is 1. The molecule has 1 fully saturated rings. The van der Waals surface area contributed by atoms with Crippen molar-refractivity contribution in [2.24, 2.45) is 0 Å². The van der Waals surface area contributed by atoms with Gasteiger partial charge in [0.05, 0.1) is 46.2 Å². The highest BCUT2D eigenvalue weighted by Gasteiger charge is 2.36. The molecular weight excluding hydrogens is 725 g/mol. The van der Waals surface area contributed by atoms with Crippen LogP contribution in [-0.2, 0) is 32.6 Å². The predicted octanol–water partition coefficient (Wildman–Crippen LogP) is 11.9. The topological polar surface area (TPSA) is 107 Å². The highest BCUT2D eigenvalue weighted by atomic mass is 31.2. The minimum absolute atomic E-state index is 0.0160. The Morgan fingerprint density at radius 3 is 1.86 bits per heavy atom. The van der Waals surface area contributed by atoms with E-state index in [-0.39, 0.29) is 32.2 Å². The van der Waals surface area contributed by atoms with Crippen LogP contribution < -0.4 is 4.89 Å². The number of nitrogens with zero attached hydrogens (tertiary/aromatic N) is 1. The van der Waals surface area contributed by atoms with E-state index in [1.54, 1.807) is 6.26 Å². The van der Waals surface area contributed by atoms with Gasteiger partial charge in [-0.1, -0.05) is 153 Å². The molecule has 326 valence electrons. The third kappa shape index (κ3) is 35.4. The zero-order valence-electron chi connectivity index (χ0n) is 36.5. The maximum absolute atomic E-state index is 12.5. The molecule has 0 bridgehead atoms. The number of phosphoric acid groups is 1. The van der Waals surface area contributed by atoms with Crippen molar-refractivity contribution in [1.82, 2.24) is 0 Å². The number of allylic oxidation sites excluding steroid dienone is 6. The van der Waals surface area contributed by atoms with Crippen LogP contribution in [0.5, 0.6) is 0 Å². The number of epoxide rings is 1. The van der Waals surface area contributed by atoms with E-state index in [1.807, 2.05) is 27.2 Å². The lowest BCUT2D eigenvalue weighted by Crippen LogP contribution is -2.37. The fourth-order valence-corrected chi connectivity index (χ4v) is 6.93. The second-order valence-corrected chi connectivity index (χ2v) is 17.9. The Bertz CT molecular complexity index is 1100. The molecule has 0 aromatic heterocycles.